The van der Waals surface area contributed by atoms with Gasteiger partial charge in [0, 0.05) is 26.4 Å². The second-order valence-corrected chi connectivity index (χ2v) is 15.4. The number of nitrogens with zero attached hydrogens (tertiary/aromatic N) is 2. The topological polar surface area (TPSA) is 107 Å². The maximum Gasteiger partial charge on any atom is 0.260 e. The number of hydrazine groups is 1. The molecule has 0 spiro atoms. The Morgan fingerprint density at radius 1 is 0.811 bits per heavy atom. The molecule has 6 atom stereocenters. The van der Waals surface area contributed by atoms with Crippen molar-refractivity contribution in [2.45, 2.75) is 24.2 Å². The van der Waals surface area contributed by atoms with E-state index in [0.29, 0.717) is 38.5 Å². The monoisotopic (exact) mass is 789 g/mol. The largest absolute Gasteiger partial charge is 0.507 e. The Morgan fingerprint density at radius 2 is 1.53 bits per heavy atom. The Kier molecular flexibility index (Phi) is 7.83. The summed E-state index contributed by atoms with van der Waals surface area (Å²) in [6.45, 7) is 0. The first-order chi connectivity index (χ1) is 25.6. The molecule has 8 nitrogen and oxygen atoms in total. The molecule has 0 aromatic heterocycles. The number of hydrogen-bond donors (Lipinski definition) is 2. The molecule has 1 saturated carbocycles. The number of amides is 4. The second-order valence-electron chi connectivity index (χ2n) is 14.1. The smallest absolute Gasteiger partial charge is 0.260 e. The van der Waals surface area contributed by atoms with Gasteiger partial charge in [-0.05, 0) is 90.4 Å². The van der Waals surface area contributed by atoms with Gasteiger partial charge >= 0.3 is 0 Å². The zero-order valence-corrected chi connectivity index (χ0v) is 30.2. The molecule has 0 bridgehead atoms. The summed E-state index contributed by atoms with van der Waals surface area (Å²) >= 11 is 9.81. The van der Waals surface area contributed by atoms with Crippen molar-refractivity contribution < 1.29 is 28.7 Å². The van der Waals surface area contributed by atoms with E-state index in [0.717, 1.165) is 14.9 Å². The quantitative estimate of drug-likeness (QED) is 0.137. The number of imide groups is 2. The first-order valence-electron chi connectivity index (χ1n) is 17.3. The summed E-state index contributed by atoms with van der Waals surface area (Å²) in [7, 11) is 0. The Morgan fingerprint density at radius 3 is 2.26 bits per heavy atom. The van der Waals surface area contributed by atoms with Gasteiger partial charge in [-0.2, -0.15) is 5.01 Å². The van der Waals surface area contributed by atoms with Crippen molar-refractivity contribution in [1.29, 1.82) is 0 Å². The van der Waals surface area contributed by atoms with E-state index in [1.165, 1.54) is 29.2 Å². The van der Waals surface area contributed by atoms with Crippen LogP contribution in [0.2, 0.25) is 5.02 Å². The summed E-state index contributed by atoms with van der Waals surface area (Å²) in [5, 5.41) is 14.9. The van der Waals surface area contributed by atoms with Gasteiger partial charge in [-0.15, -0.1) is 0 Å². The molecule has 5 aromatic rings. The standard InChI is InChI=1S/C42H30BrClFN3O5/c43-24-8-16-28(17-9-24)47-38(50)31-20-19-30-33(35(31)40(47)52)21-34-39(51)48(46-27-14-12-26(45)13-15-27)41(53)42(34,23-6-10-25(44)11-7-23)36(30)32-18-5-22-3-1-2-4-29(22)37(32)49/h1-19,31,33-36,46,49H,20-21H2. The zero-order valence-electron chi connectivity index (χ0n) is 27.9. The fraction of sp³-hybridized carbons (Fsp3) is 0.190. The van der Waals surface area contributed by atoms with Gasteiger partial charge in [0.05, 0.1) is 34.5 Å². The highest BCUT2D eigenvalue weighted by atomic mass is 79.9. The number of anilines is 2. The van der Waals surface area contributed by atoms with Gasteiger partial charge in [-0.1, -0.05) is 87.7 Å². The highest BCUT2D eigenvalue weighted by Gasteiger charge is 2.70. The zero-order chi connectivity index (χ0) is 36.8. The molecule has 4 amide bonds. The van der Waals surface area contributed by atoms with Crippen LogP contribution >= 0.6 is 27.5 Å². The van der Waals surface area contributed by atoms with E-state index in [1.807, 2.05) is 30.3 Å². The summed E-state index contributed by atoms with van der Waals surface area (Å²) in [5.74, 6) is -6.37. The molecule has 2 N–H and O–H groups in total. The molecule has 2 heterocycles. The number of aromatic hydroxyl groups is 1. The van der Waals surface area contributed by atoms with Crippen LogP contribution in [0.1, 0.15) is 29.9 Å². The highest BCUT2D eigenvalue weighted by molar-refractivity contribution is 9.10. The summed E-state index contributed by atoms with van der Waals surface area (Å²) < 4.78 is 14.7. The minimum absolute atomic E-state index is 0.0423. The van der Waals surface area contributed by atoms with Crippen LogP contribution in [0.5, 0.6) is 5.75 Å². The van der Waals surface area contributed by atoms with Crippen molar-refractivity contribution in [3.8, 4) is 5.75 Å². The number of carbonyl (C=O) groups is 4. The third kappa shape index (κ3) is 4.92. The predicted molar refractivity (Wildman–Crippen MR) is 201 cm³/mol. The predicted octanol–water partition coefficient (Wildman–Crippen LogP) is 8.29. The summed E-state index contributed by atoms with van der Waals surface area (Å²) in [5.41, 5.74) is 3.76. The average molecular weight is 791 g/mol. The maximum absolute atomic E-state index is 15.4. The van der Waals surface area contributed by atoms with E-state index < -0.39 is 52.6 Å². The lowest BCUT2D eigenvalue weighted by atomic mass is 9.49. The number of carbonyl (C=O) groups excluding carboxylic acids is 4. The Bertz CT molecular complexity index is 2400. The molecule has 5 aromatic carbocycles. The number of benzene rings is 5. The minimum atomic E-state index is -1.61. The van der Waals surface area contributed by atoms with E-state index in [-0.39, 0.29) is 30.4 Å². The van der Waals surface area contributed by atoms with Crippen LogP contribution in [-0.2, 0) is 24.6 Å². The van der Waals surface area contributed by atoms with Gasteiger partial charge in [0.15, 0.2) is 0 Å². The summed E-state index contributed by atoms with van der Waals surface area (Å²) in [4.78, 5) is 60.0. The van der Waals surface area contributed by atoms with Crippen LogP contribution in [0.3, 0.4) is 0 Å². The maximum atomic E-state index is 15.4. The third-order valence-corrected chi connectivity index (χ3v) is 12.4. The number of halogens is 3. The fourth-order valence-electron chi connectivity index (χ4n) is 9.35. The Labute approximate surface area is 316 Å². The number of rotatable bonds is 5. The molecule has 264 valence electrons. The molecule has 9 rings (SSSR count). The van der Waals surface area contributed by atoms with Crippen molar-refractivity contribution in [2.24, 2.45) is 23.7 Å². The van der Waals surface area contributed by atoms with E-state index >= 15 is 4.79 Å². The van der Waals surface area contributed by atoms with Crippen LogP contribution in [0.4, 0.5) is 15.8 Å². The number of allylic oxidation sites excluding steroid dienone is 2. The lowest BCUT2D eigenvalue weighted by Crippen LogP contribution is -2.53. The van der Waals surface area contributed by atoms with Crippen LogP contribution in [0, 0.1) is 29.5 Å². The number of phenols is 1. The van der Waals surface area contributed by atoms with Crippen molar-refractivity contribution in [2.75, 3.05) is 10.3 Å². The number of nitrogens with one attached hydrogen (secondary N) is 1. The SMILES string of the molecule is O=C1C2CC3C(=CCC4C(=O)N(c5ccc(Br)cc5)C(=O)C43)C(c3ccc4ccccc4c3O)C2(c2ccc(Cl)cc2)C(=O)N1Nc1ccc(F)cc1. The molecule has 53 heavy (non-hydrogen) atoms. The molecule has 6 unspecified atom stereocenters. The number of fused-ring (bicyclic) bond motifs is 5. The van der Waals surface area contributed by atoms with E-state index in [4.69, 9.17) is 11.6 Å². The van der Waals surface area contributed by atoms with Crippen LogP contribution in [0.25, 0.3) is 10.8 Å². The highest BCUT2D eigenvalue weighted by Crippen LogP contribution is 2.65. The molecule has 3 fully saturated rings. The molecular formula is C42H30BrClFN3O5. The average Bonchev–Trinajstić information content (AvgIpc) is 3.54. The normalized spacial score (nSPS) is 26.4. The van der Waals surface area contributed by atoms with Crippen molar-refractivity contribution >= 4 is 73.3 Å². The van der Waals surface area contributed by atoms with Gasteiger partial charge in [0.1, 0.15) is 11.6 Å². The summed E-state index contributed by atoms with van der Waals surface area (Å²) in [6.07, 6.45) is 2.27. The Hall–Kier alpha value is -5.32. The third-order valence-electron chi connectivity index (χ3n) is 11.6. The minimum Gasteiger partial charge on any atom is -0.507 e. The van der Waals surface area contributed by atoms with E-state index in [9.17, 15) is 23.9 Å². The molecule has 2 saturated heterocycles. The molecule has 11 heteroatoms. The fourth-order valence-corrected chi connectivity index (χ4v) is 9.74. The number of hydrogen-bond acceptors (Lipinski definition) is 6. The van der Waals surface area contributed by atoms with Gasteiger partial charge in [-0.25, -0.2) is 4.39 Å². The van der Waals surface area contributed by atoms with Crippen LogP contribution in [-0.4, -0.2) is 33.7 Å². The first kappa shape index (κ1) is 33.5. The van der Waals surface area contributed by atoms with Crippen molar-refractivity contribution in [1.82, 2.24) is 5.01 Å². The lowest BCUT2D eigenvalue weighted by Gasteiger charge is -2.50. The van der Waals surface area contributed by atoms with Crippen LogP contribution < -0.4 is 10.3 Å². The summed E-state index contributed by atoms with van der Waals surface area (Å²) in [6, 6.07) is 30.1. The second kappa shape index (κ2) is 12.4. The Balaban J connectivity index is 1.27. The van der Waals surface area contributed by atoms with Gasteiger partial charge in [0.2, 0.25) is 11.8 Å². The van der Waals surface area contributed by atoms with Crippen LogP contribution in [0.15, 0.2) is 125 Å². The number of phenolic OH excluding ortho intramolecular Hbond substituents is 1. The molecule has 0 radical (unpaired) electrons. The molecule has 2 aliphatic heterocycles. The molecule has 2 aliphatic carbocycles. The van der Waals surface area contributed by atoms with E-state index in [1.54, 1.807) is 60.7 Å². The molecular weight excluding hydrogens is 761 g/mol. The van der Waals surface area contributed by atoms with Crippen molar-refractivity contribution in [3.05, 3.63) is 147 Å². The lowest BCUT2D eigenvalue weighted by molar-refractivity contribution is -0.138. The first-order valence-corrected chi connectivity index (χ1v) is 18.5. The van der Waals surface area contributed by atoms with Crippen molar-refractivity contribution in [3.63, 3.8) is 0 Å². The van der Waals surface area contributed by atoms with Gasteiger partial charge in [-0.3, -0.25) is 29.5 Å². The van der Waals surface area contributed by atoms with E-state index in [2.05, 4.69) is 21.4 Å². The molecule has 4 aliphatic rings. The van der Waals surface area contributed by atoms with Gasteiger partial charge < -0.3 is 5.11 Å². The van der Waals surface area contributed by atoms with Gasteiger partial charge in [0.25, 0.3) is 11.8 Å².